The lowest BCUT2D eigenvalue weighted by Gasteiger charge is -2.20. The fraction of sp³-hybridized carbons (Fsp3) is 0.375. The summed E-state index contributed by atoms with van der Waals surface area (Å²) in [6.07, 6.45) is 0.623. The summed E-state index contributed by atoms with van der Waals surface area (Å²) in [5.41, 5.74) is 9.39. The number of aromatic nitrogens is 2. The minimum atomic E-state index is -0.236. The highest BCUT2D eigenvalue weighted by atomic mass is 15.3. The van der Waals surface area contributed by atoms with Crippen LogP contribution in [0.3, 0.4) is 0 Å². The molecule has 0 aliphatic heterocycles. The molecular formula is C16H20N4. The van der Waals surface area contributed by atoms with Gasteiger partial charge < -0.3 is 5.73 Å². The van der Waals surface area contributed by atoms with Crippen molar-refractivity contribution >= 4 is 5.82 Å². The Kier molecular flexibility index (Phi) is 3.54. The van der Waals surface area contributed by atoms with E-state index in [4.69, 9.17) is 5.73 Å². The van der Waals surface area contributed by atoms with Crippen molar-refractivity contribution in [1.29, 1.82) is 5.26 Å². The van der Waals surface area contributed by atoms with E-state index in [2.05, 4.69) is 30.2 Å². The van der Waals surface area contributed by atoms with Gasteiger partial charge in [0.05, 0.1) is 11.2 Å². The van der Waals surface area contributed by atoms with Gasteiger partial charge in [-0.1, -0.05) is 29.8 Å². The van der Waals surface area contributed by atoms with Crippen LogP contribution in [0.15, 0.2) is 24.3 Å². The van der Waals surface area contributed by atoms with Gasteiger partial charge in [0, 0.05) is 6.42 Å². The molecule has 0 saturated heterocycles. The number of anilines is 1. The Hall–Kier alpha value is -2.28. The van der Waals surface area contributed by atoms with Crippen LogP contribution in [0.5, 0.6) is 0 Å². The molecule has 20 heavy (non-hydrogen) atoms. The van der Waals surface area contributed by atoms with E-state index in [1.54, 1.807) is 4.68 Å². The topological polar surface area (TPSA) is 67.6 Å². The molecule has 0 aliphatic carbocycles. The van der Waals surface area contributed by atoms with Gasteiger partial charge in [-0.3, -0.25) is 0 Å². The molecule has 1 aromatic heterocycles. The molecule has 2 rings (SSSR count). The number of aryl methyl sites for hydroxylation is 1. The van der Waals surface area contributed by atoms with Crippen LogP contribution in [-0.4, -0.2) is 9.78 Å². The summed E-state index contributed by atoms with van der Waals surface area (Å²) in [5.74, 6) is 0.447. The second-order valence-electron chi connectivity index (χ2n) is 6.07. The number of nitriles is 1. The number of hydrogen-bond acceptors (Lipinski definition) is 3. The van der Waals surface area contributed by atoms with Crippen molar-refractivity contribution in [2.24, 2.45) is 0 Å². The predicted octanol–water partition coefficient (Wildman–Crippen LogP) is 2.99. The highest BCUT2D eigenvalue weighted by Crippen LogP contribution is 2.25. The lowest BCUT2D eigenvalue weighted by Crippen LogP contribution is -2.25. The summed E-state index contributed by atoms with van der Waals surface area (Å²) in [6.45, 7) is 8.12. The standard InChI is InChI=1S/C16H20N4/c1-11-6-5-7-12(8-11)9-14-13(10-17)15(18)20(19-14)16(2,3)4/h5-8H,9,18H2,1-4H3. The van der Waals surface area contributed by atoms with Gasteiger partial charge in [-0.15, -0.1) is 0 Å². The number of rotatable bonds is 2. The second kappa shape index (κ2) is 5.01. The summed E-state index contributed by atoms with van der Waals surface area (Å²) in [7, 11) is 0. The van der Waals surface area contributed by atoms with E-state index >= 15 is 0 Å². The van der Waals surface area contributed by atoms with E-state index < -0.39 is 0 Å². The van der Waals surface area contributed by atoms with Crippen LogP contribution in [-0.2, 0) is 12.0 Å². The maximum atomic E-state index is 9.33. The van der Waals surface area contributed by atoms with Crippen molar-refractivity contribution in [2.45, 2.75) is 39.7 Å². The van der Waals surface area contributed by atoms with Crippen LogP contribution in [0.1, 0.15) is 43.2 Å². The molecule has 0 fully saturated rings. The van der Waals surface area contributed by atoms with E-state index in [9.17, 15) is 5.26 Å². The summed E-state index contributed by atoms with van der Waals surface area (Å²) in [6, 6.07) is 10.4. The molecule has 4 heteroatoms. The average molecular weight is 268 g/mol. The zero-order chi connectivity index (χ0) is 14.9. The molecule has 0 spiro atoms. The molecule has 1 aromatic carbocycles. The number of nitrogens with zero attached hydrogens (tertiary/aromatic N) is 3. The van der Waals surface area contributed by atoms with Gasteiger partial charge in [0.15, 0.2) is 0 Å². The average Bonchev–Trinajstić information content (AvgIpc) is 2.65. The molecule has 0 atom stereocenters. The van der Waals surface area contributed by atoms with Gasteiger partial charge in [-0.05, 0) is 33.3 Å². The lowest BCUT2D eigenvalue weighted by atomic mass is 10.0. The van der Waals surface area contributed by atoms with Crippen molar-refractivity contribution in [3.8, 4) is 6.07 Å². The van der Waals surface area contributed by atoms with Crippen molar-refractivity contribution < 1.29 is 0 Å². The van der Waals surface area contributed by atoms with E-state index in [-0.39, 0.29) is 5.54 Å². The highest BCUT2D eigenvalue weighted by Gasteiger charge is 2.23. The van der Waals surface area contributed by atoms with Crippen molar-refractivity contribution in [2.75, 3.05) is 5.73 Å². The highest BCUT2D eigenvalue weighted by molar-refractivity contribution is 5.53. The number of nitrogen functional groups attached to an aromatic ring is 1. The molecule has 0 bridgehead atoms. The first-order chi connectivity index (χ1) is 9.32. The molecule has 4 nitrogen and oxygen atoms in total. The van der Waals surface area contributed by atoms with Gasteiger partial charge in [0.1, 0.15) is 17.5 Å². The summed E-state index contributed by atoms with van der Waals surface area (Å²) >= 11 is 0. The van der Waals surface area contributed by atoms with Crippen LogP contribution in [0.4, 0.5) is 5.82 Å². The van der Waals surface area contributed by atoms with Crippen molar-refractivity contribution in [3.05, 3.63) is 46.6 Å². The minimum absolute atomic E-state index is 0.236. The van der Waals surface area contributed by atoms with Crippen LogP contribution < -0.4 is 5.73 Å². The lowest BCUT2D eigenvalue weighted by molar-refractivity contribution is 0.359. The van der Waals surface area contributed by atoms with Crippen LogP contribution in [0.25, 0.3) is 0 Å². The Morgan fingerprint density at radius 2 is 2.05 bits per heavy atom. The van der Waals surface area contributed by atoms with Crippen molar-refractivity contribution in [3.63, 3.8) is 0 Å². The van der Waals surface area contributed by atoms with Gasteiger partial charge in [-0.25, -0.2) is 4.68 Å². The first-order valence-electron chi connectivity index (χ1n) is 6.66. The normalized spacial score (nSPS) is 11.3. The van der Waals surface area contributed by atoms with E-state index in [1.807, 2.05) is 32.9 Å². The molecule has 2 N–H and O–H groups in total. The zero-order valence-electron chi connectivity index (χ0n) is 12.4. The Labute approximate surface area is 119 Å². The fourth-order valence-electron chi connectivity index (χ4n) is 2.25. The van der Waals surface area contributed by atoms with Gasteiger partial charge in [0.2, 0.25) is 0 Å². The molecule has 0 aliphatic rings. The largest absolute Gasteiger partial charge is 0.383 e. The molecule has 0 saturated carbocycles. The van der Waals surface area contributed by atoms with Crippen LogP contribution in [0, 0.1) is 18.3 Å². The Morgan fingerprint density at radius 1 is 1.35 bits per heavy atom. The Bertz CT molecular complexity index is 669. The third-order valence-corrected chi connectivity index (χ3v) is 3.19. The number of benzene rings is 1. The third kappa shape index (κ3) is 2.67. The Balaban J connectivity index is 2.45. The Morgan fingerprint density at radius 3 is 2.60 bits per heavy atom. The number of nitrogens with two attached hydrogens (primary N) is 1. The first-order valence-corrected chi connectivity index (χ1v) is 6.66. The monoisotopic (exact) mass is 268 g/mol. The molecule has 1 heterocycles. The summed E-state index contributed by atoms with van der Waals surface area (Å²) < 4.78 is 1.73. The van der Waals surface area contributed by atoms with Gasteiger partial charge in [-0.2, -0.15) is 10.4 Å². The SMILES string of the molecule is Cc1cccc(Cc2nn(C(C)(C)C)c(N)c2C#N)c1. The predicted molar refractivity (Wildman–Crippen MR) is 80.3 cm³/mol. The molecule has 0 radical (unpaired) electrons. The fourth-order valence-corrected chi connectivity index (χ4v) is 2.25. The second-order valence-corrected chi connectivity index (χ2v) is 6.07. The molecule has 104 valence electrons. The molecule has 0 unspecified atom stereocenters. The number of hydrogen-bond donors (Lipinski definition) is 1. The first kappa shape index (κ1) is 14.1. The zero-order valence-corrected chi connectivity index (χ0v) is 12.4. The quantitative estimate of drug-likeness (QED) is 0.910. The molecule has 2 aromatic rings. The van der Waals surface area contributed by atoms with Crippen LogP contribution in [0.2, 0.25) is 0 Å². The summed E-state index contributed by atoms with van der Waals surface area (Å²) in [4.78, 5) is 0. The van der Waals surface area contributed by atoms with Crippen molar-refractivity contribution in [1.82, 2.24) is 9.78 Å². The van der Waals surface area contributed by atoms with E-state index in [1.165, 1.54) is 5.56 Å². The van der Waals surface area contributed by atoms with Crippen LogP contribution >= 0.6 is 0 Å². The third-order valence-electron chi connectivity index (χ3n) is 3.19. The van der Waals surface area contributed by atoms with E-state index in [0.29, 0.717) is 17.8 Å². The molecular weight excluding hydrogens is 248 g/mol. The smallest absolute Gasteiger partial charge is 0.140 e. The molecule has 0 amide bonds. The van der Waals surface area contributed by atoms with E-state index in [0.717, 1.165) is 11.3 Å². The maximum Gasteiger partial charge on any atom is 0.140 e. The van der Waals surface area contributed by atoms with Gasteiger partial charge >= 0.3 is 0 Å². The maximum absolute atomic E-state index is 9.33. The van der Waals surface area contributed by atoms with Gasteiger partial charge in [0.25, 0.3) is 0 Å². The summed E-state index contributed by atoms with van der Waals surface area (Å²) in [5, 5.41) is 13.9. The minimum Gasteiger partial charge on any atom is -0.383 e.